The molecule has 1 heterocycles. The number of aromatic nitrogens is 2. The number of ether oxygens (including phenoxy) is 1. The zero-order valence-electron chi connectivity index (χ0n) is 17.0. The first kappa shape index (κ1) is 20.3. The number of carbonyl (C=O) groups is 1. The second kappa shape index (κ2) is 9.68. The third-order valence-electron chi connectivity index (χ3n) is 4.43. The Morgan fingerprint density at radius 1 is 1.03 bits per heavy atom. The number of hydrogen-bond donors (Lipinski definition) is 2. The first-order chi connectivity index (χ1) is 14.1. The van der Waals surface area contributed by atoms with Gasteiger partial charge in [-0.2, -0.15) is 0 Å². The maximum absolute atomic E-state index is 12.7. The van der Waals surface area contributed by atoms with E-state index in [1.165, 1.54) is 0 Å². The summed E-state index contributed by atoms with van der Waals surface area (Å²) in [7, 11) is 0. The number of carbonyl (C=O) groups excluding carboxylic acids is 1. The number of benzene rings is 2. The minimum absolute atomic E-state index is 0.0627. The lowest BCUT2D eigenvalue weighted by Crippen LogP contribution is -2.32. The summed E-state index contributed by atoms with van der Waals surface area (Å²) in [6, 6.07) is 19.0. The van der Waals surface area contributed by atoms with Crippen molar-refractivity contribution in [1.82, 2.24) is 15.3 Å². The summed E-state index contributed by atoms with van der Waals surface area (Å²) in [6.45, 7) is 6.49. The minimum Gasteiger partial charge on any atom is -0.492 e. The first-order valence-corrected chi connectivity index (χ1v) is 9.85. The molecule has 0 aliphatic heterocycles. The van der Waals surface area contributed by atoms with Crippen molar-refractivity contribution in [2.24, 2.45) is 0 Å². The molecule has 3 aromatic rings. The molecule has 0 saturated heterocycles. The third-order valence-corrected chi connectivity index (χ3v) is 4.43. The van der Waals surface area contributed by atoms with Gasteiger partial charge in [0.1, 0.15) is 17.3 Å². The highest BCUT2D eigenvalue weighted by molar-refractivity contribution is 5.93. The van der Waals surface area contributed by atoms with Crippen LogP contribution < -0.4 is 15.4 Å². The Kier molecular flexibility index (Phi) is 6.79. The lowest BCUT2D eigenvalue weighted by molar-refractivity contribution is 0.0934. The molecule has 0 aliphatic rings. The van der Waals surface area contributed by atoms with Crippen LogP contribution in [0.4, 0.5) is 11.5 Å². The van der Waals surface area contributed by atoms with Crippen molar-refractivity contribution in [3.05, 3.63) is 66.4 Å². The Morgan fingerprint density at radius 3 is 2.48 bits per heavy atom. The zero-order chi connectivity index (χ0) is 20.6. The fourth-order valence-electron chi connectivity index (χ4n) is 2.73. The van der Waals surface area contributed by atoms with Crippen LogP contribution in [0.25, 0.3) is 11.4 Å². The van der Waals surface area contributed by atoms with Crippen LogP contribution in [-0.2, 0) is 0 Å². The van der Waals surface area contributed by atoms with Gasteiger partial charge in [-0.15, -0.1) is 0 Å². The fourth-order valence-corrected chi connectivity index (χ4v) is 2.73. The number of nitrogens with zero attached hydrogens (tertiary/aromatic N) is 2. The van der Waals surface area contributed by atoms with E-state index in [4.69, 9.17) is 4.74 Å². The predicted octanol–water partition coefficient (Wildman–Crippen LogP) is 4.81. The van der Waals surface area contributed by atoms with Crippen LogP contribution in [0.5, 0.6) is 5.75 Å². The number of hydrogen-bond acceptors (Lipinski definition) is 5. The summed E-state index contributed by atoms with van der Waals surface area (Å²) in [5, 5.41) is 6.24. The normalized spacial score (nSPS) is 11.6. The molecule has 6 heteroatoms. The quantitative estimate of drug-likeness (QED) is 0.577. The third kappa shape index (κ3) is 5.31. The van der Waals surface area contributed by atoms with Crippen molar-refractivity contribution >= 4 is 17.4 Å². The predicted molar refractivity (Wildman–Crippen MR) is 116 cm³/mol. The summed E-state index contributed by atoms with van der Waals surface area (Å²) >= 11 is 0. The maximum Gasteiger partial charge on any atom is 0.270 e. The molecule has 1 aromatic heterocycles. The summed E-state index contributed by atoms with van der Waals surface area (Å²) in [5.74, 6) is 1.51. The largest absolute Gasteiger partial charge is 0.492 e. The van der Waals surface area contributed by atoms with Gasteiger partial charge in [-0.1, -0.05) is 49.4 Å². The van der Waals surface area contributed by atoms with Crippen molar-refractivity contribution in [2.75, 3.05) is 11.9 Å². The van der Waals surface area contributed by atoms with Crippen LogP contribution in [-0.4, -0.2) is 28.5 Å². The summed E-state index contributed by atoms with van der Waals surface area (Å²) < 4.78 is 5.68. The van der Waals surface area contributed by atoms with Crippen LogP contribution in [0.15, 0.2) is 60.7 Å². The Hall–Kier alpha value is -3.41. The van der Waals surface area contributed by atoms with E-state index in [9.17, 15) is 4.79 Å². The van der Waals surface area contributed by atoms with E-state index in [2.05, 4.69) is 20.6 Å². The molecule has 0 radical (unpaired) electrons. The van der Waals surface area contributed by atoms with Crippen LogP contribution in [0.2, 0.25) is 0 Å². The van der Waals surface area contributed by atoms with E-state index < -0.39 is 0 Å². The number of rotatable bonds is 8. The van der Waals surface area contributed by atoms with E-state index in [0.29, 0.717) is 23.9 Å². The molecule has 2 N–H and O–H groups in total. The van der Waals surface area contributed by atoms with E-state index in [-0.39, 0.29) is 11.9 Å². The van der Waals surface area contributed by atoms with Crippen molar-refractivity contribution in [3.8, 4) is 17.1 Å². The highest BCUT2D eigenvalue weighted by Crippen LogP contribution is 2.28. The van der Waals surface area contributed by atoms with E-state index in [1.54, 1.807) is 6.07 Å². The van der Waals surface area contributed by atoms with Gasteiger partial charge in [-0.25, -0.2) is 9.97 Å². The molecule has 0 fully saturated rings. The van der Waals surface area contributed by atoms with Gasteiger partial charge < -0.3 is 15.4 Å². The lowest BCUT2D eigenvalue weighted by atomic mass is 10.2. The highest BCUT2D eigenvalue weighted by atomic mass is 16.5. The second-order valence-corrected chi connectivity index (χ2v) is 6.66. The first-order valence-electron chi connectivity index (χ1n) is 9.85. The Labute approximate surface area is 171 Å². The average Bonchev–Trinajstić information content (AvgIpc) is 2.75. The van der Waals surface area contributed by atoms with E-state index in [0.717, 1.165) is 23.4 Å². The van der Waals surface area contributed by atoms with Crippen LogP contribution in [0.3, 0.4) is 0 Å². The number of anilines is 2. The van der Waals surface area contributed by atoms with Gasteiger partial charge in [0, 0.05) is 17.7 Å². The monoisotopic (exact) mass is 390 g/mol. The van der Waals surface area contributed by atoms with Gasteiger partial charge in [0.05, 0.1) is 12.3 Å². The summed E-state index contributed by atoms with van der Waals surface area (Å²) in [5.41, 5.74) is 1.93. The van der Waals surface area contributed by atoms with Crippen molar-refractivity contribution in [2.45, 2.75) is 33.2 Å². The molecule has 2 aromatic carbocycles. The number of para-hydroxylation sites is 2. The Bertz CT molecular complexity index is 960. The molecule has 3 rings (SSSR count). The van der Waals surface area contributed by atoms with Crippen molar-refractivity contribution in [1.29, 1.82) is 0 Å². The number of amides is 1. The molecule has 0 spiro atoms. The molecule has 0 saturated carbocycles. The van der Waals surface area contributed by atoms with Crippen molar-refractivity contribution in [3.63, 3.8) is 0 Å². The molecule has 1 unspecified atom stereocenters. The van der Waals surface area contributed by atoms with Gasteiger partial charge in [0.15, 0.2) is 5.82 Å². The summed E-state index contributed by atoms with van der Waals surface area (Å²) in [4.78, 5) is 21.8. The van der Waals surface area contributed by atoms with Gasteiger partial charge in [-0.05, 0) is 32.4 Å². The second-order valence-electron chi connectivity index (χ2n) is 6.66. The summed E-state index contributed by atoms with van der Waals surface area (Å²) in [6.07, 6.45) is 0.842. The van der Waals surface area contributed by atoms with Gasteiger partial charge >= 0.3 is 0 Å². The van der Waals surface area contributed by atoms with Gasteiger partial charge in [0.25, 0.3) is 5.91 Å². The fraction of sp³-hybridized carbons (Fsp3) is 0.261. The zero-order valence-corrected chi connectivity index (χ0v) is 17.0. The molecule has 1 amide bonds. The van der Waals surface area contributed by atoms with E-state index in [1.807, 2.05) is 75.4 Å². The Morgan fingerprint density at radius 2 is 1.76 bits per heavy atom. The van der Waals surface area contributed by atoms with Crippen LogP contribution in [0.1, 0.15) is 37.7 Å². The van der Waals surface area contributed by atoms with Crippen molar-refractivity contribution < 1.29 is 9.53 Å². The molecular formula is C23H26N4O2. The van der Waals surface area contributed by atoms with Gasteiger partial charge in [0.2, 0.25) is 0 Å². The maximum atomic E-state index is 12.7. The standard InChI is InChI=1S/C23H26N4O2/c1-4-16(3)24-23(28)19-15-21(25-18-13-9-10-14-20(18)29-5-2)27-22(26-19)17-11-7-6-8-12-17/h6-16H,4-5H2,1-3H3,(H,24,28)(H,25,26,27). The lowest BCUT2D eigenvalue weighted by Gasteiger charge is -2.15. The molecule has 6 nitrogen and oxygen atoms in total. The molecular weight excluding hydrogens is 364 g/mol. The molecule has 0 aliphatic carbocycles. The van der Waals surface area contributed by atoms with E-state index >= 15 is 0 Å². The van der Waals surface area contributed by atoms with Crippen LogP contribution >= 0.6 is 0 Å². The van der Waals surface area contributed by atoms with Crippen LogP contribution in [0, 0.1) is 0 Å². The minimum atomic E-state index is -0.222. The molecule has 1 atom stereocenters. The molecule has 29 heavy (non-hydrogen) atoms. The highest BCUT2D eigenvalue weighted by Gasteiger charge is 2.15. The SMILES string of the molecule is CCOc1ccccc1Nc1cc(C(=O)NC(C)CC)nc(-c2ccccc2)n1. The smallest absolute Gasteiger partial charge is 0.270 e. The molecule has 0 bridgehead atoms. The average molecular weight is 390 g/mol. The Balaban J connectivity index is 2.00. The topological polar surface area (TPSA) is 76.1 Å². The van der Waals surface area contributed by atoms with Gasteiger partial charge in [-0.3, -0.25) is 4.79 Å². The number of nitrogens with one attached hydrogen (secondary N) is 2. The molecule has 150 valence electrons.